The number of benzene rings is 1. The molecular weight excluding hydrogens is 389 g/mol. The van der Waals surface area contributed by atoms with Crippen molar-refractivity contribution >= 4 is 0 Å². The maximum atomic E-state index is 14.2. The van der Waals surface area contributed by atoms with Gasteiger partial charge in [0.2, 0.25) is 0 Å². The number of methoxy groups -OCH3 is 1. The first-order chi connectivity index (χ1) is 14.7. The largest absolute Gasteiger partial charge is 0.496 e. The molecule has 2 atom stereocenters. The van der Waals surface area contributed by atoms with E-state index in [0.29, 0.717) is 18.6 Å². The molecule has 0 radical (unpaired) electrons. The molecule has 2 aromatic rings. The molecule has 1 aromatic heterocycles. The molecule has 1 saturated carbocycles. The number of aryl methyl sites for hydroxylation is 2. The lowest BCUT2D eigenvalue weighted by Gasteiger charge is -2.44. The van der Waals surface area contributed by atoms with Gasteiger partial charge in [-0.25, -0.2) is 4.39 Å². The Bertz CT molecular complexity index is 873. The highest BCUT2D eigenvalue weighted by Crippen LogP contribution is 2.46. The smallest absolute Gasteiger partial charge is 0.123 e. The van der Waals surface area contributed by atoms with Crippen LogP contribution in [0.15, 0.2) is 30.3 Å². The third kappa shape index (κ3) is 5.46. The third-order valence-corrected chi connectivity index (χ3v) is 7.29. The molecule has 0 spiro atoms. The second-order valence-corrected chi connectivity index (χ2v) is 9.83. The van der Waals surface area contributed by atoms with Crippen LogP contribution in [0.25, 0.3) is 0 Å². The number of ether oxygens (including phenoxy) is 1. The van der Waals surface area contributed by atoms with Gasteiger partial charge >= 0.3 is 0 Å². The van der Waals surface area contributed by atoms with Crippen LogP contribution in [0.2, 0.25) is 0 Å². The fourth-order valence-electron chi connectivity index (χ4n) is 5.56. The minimum Gasteiger partial charge on any atom is -0.496 e. The molecule has 4 heteroatoms. The maximum absolute atomic E-state index is 14.2. The normalized spacial score (nSPS) is 18.9. The summed E-state index contributed by atoms with van der Waals surface area (Å²) in [5.74, 6) is 0.628. The van der Waals surface area contributed by atoms with E-state index in [9.17, 15) is 9.50 Å². The number of hydrogen-bond donors (Lipinski definition) is 1. The Labute approximate surface area is 187 Å². The Morgan fingerprint density at radius 2 is 1.84 bits per heavy atom. The monoisotopic (exact) mass is 427 g/mol. The van der Waals surface area contributed by atoms with Gasteiger partial charge in [0.05, 0.1) is 12.7 Å². The van der Waals surface area contributed by atoms with Crippen LogP contribution in [-0.4, -0.2) is 22.8 Å². The van der Waals surface area contributed by atoms with Crippen LogP contribution in [0.1, 0.15) is 81.3 Å². The zero-order valence-corrected chi connectivity index (χ0v) is 19.8. The van der Waals surface area contributed by atoms with Crippen LogP contribution in [-0.2, 0) is 11.8 Å². The van der Waals surface area contributed by atoms with Crippen LogP contribution in [0, 0.1) is 25.6 Å². The Morgan fingerprint density at radius 3 is 2.45 bits per heavy atom. The molecule has 0 saturated heterocycles. The van der Waals surface area contributed by atoms with Gasteiger partial charge in [-0.3, -0.25) is 4.98 Å². The van der Waals surface area contributed by atoms with Gasteiger partial charge in [-0.05, 0) is 86.8 Å². The van der Waals surface area contributed by atoms with Crippen LogP contribution in [0.4, 0.5) is 4.39 Å². The molecule has 1 aromatic carbocycles. The molecule has 2 unspecified atom stereocenters. The van der Waals surface area contributed by atoms with Crippen LogP contribution < -0.4 is 4.74 Å². The topological polar surface area (TPSA) is 42.4 Å². The van der Waals surface area contributed by atoms with E-state index in [1.54, 1.807) is 19.2 Å². The van der Waals surface area contributed by atoms with Crippen LogP contribution in [0.3, 0.4) is 0 Å². The minimum atomic E-state index is -0.907. The number of aliphatic hydroxyl groups is 1. The Morgan fingerprint density at radius 1 is 1.13 bits per heavy atom. The Balaban J connectivity index is 2.03. The van der Waals surface area contributed by atoms with Crippen molar-refractivity contribution in [2.24, 2.45) is 5.92 Å². The molecule has 1 N–H and O–H groups in total. The van der Waals surface area contributed by atoms with E-state index in [1.165, 1.54) is 18.1 Å². The summed E-state index contributed by atoms with van der Waals surface area (Å²) >= 11 is 0. The number of hydrogen-bond acceptors (Lipinski definition) is 3. The standard InChI is InChI=1S/C27H38FNO2/c1-6-26(4,24-16-22(28)12-13-25(24)31-5)18-27(30,21-10-8-7-9-11-21)17-23-15-19(2)14-20(3)29-23/h12-16,21,30H,6-11,17-18H2,1-5H3. The molecule has 170 valence electrons. The van der Waals surface area contributed by atoms with Gasteiger partial charge < -0.3 is 9.84 Å². The Kier molecular flexibility index (Phi) is 7.41. The van der Waals surface area contributed by atoms with Crippen molar-refractivity contribution in [3.05, 3.63) is 58.7 Å². The van der Waals surface area contributed by atoms with E-state index in [1.807, 2.05) is 6.92 Å². The van der Waals surface area contributed by atoms with Gasteiger partial charge in [0, 0.05) is 23.4 Å². The third-order valence-electron chi connectivity index (χ3n) is 7.29. The van der Waals surface area contributed by atoms with Gasteiger partial charge in [0.1, 0.15) is 11.6 Å². The van der Waals surface area contributed by atoms with Gasteiger partial charge in [0.15, 0.2) is 0 Å². The zero-order chi connectivity index (χ0) is 22.6. The summed E-state index contributed by atoms with van der Waals surface area (Å²) < 4.78 is 19.8. The van der Waals surface area contributed by atoms with Gasteiger partial charge in [-0.15, -0.1) is 0 Å². The predicted octanol–water partition coefficient (Wildman–Crippen LogP) is 6.46. The number of aromatic nitrogens is 1. The average molecular weight is 428 g/mol. The quantitative estimate of drug-likeness (QED) is 0.526. The van der Waals surface area contributed by atoms with Gasteiger partial charge in [-0.1, -0.05) is 33.1 Å². The van der Waals surface area contributed by atoms with Crippen molar-refractivity contribution in [2.75, 3.05) is 7.11 Å². The van der Waals surface area contributed by atoms with Gasteiger partial charge in [0.25, 0.3) is 0 Å². The van der Waals surface area contributed by atoms with Crippen molar-refractivity contribution in [1.82, 2.24) is 4.98 Å². The molecule has 0 aliphatic heterocycles. The summed E-state index contributed by atoms with van der Waals surface area (Å²) in [6.45, 7) is 8.32. The summed E-state index contributed by atoms with van der Waals surface area (Å²) in [4.78, 5) is 4.75. The number of pyridine rings is 1. The lowest BCUT2D eigenvalue weighted by atomic mass is 9.64. The van der Waals surface area contributed by atoms with Crippen molar-refractivity contribution < 1.29 is 14.2 Å². The average Bonchev–Trinajstić information content (AvgIpc) is 2.73. The first kappa shape index (κ1) is 23.7. The van der Waals surface area contributed by atoms with E-state index >= 15 is 0 Å². The highest BCUT2D eigenvalue weighted by molar-refractivity contribution is 5.40. The molecule has 1 aliphatic carbocycles. The van der Waals surface area contributed by atoms with Crippen molar-refractivity contribution in [1.29, 1.82) is 0 Å². The van der Waals surface area contributed by atoms with E-state index in [4.69, 9.17) is 9.72 Å². The van der Waals surface area contributed by atoms with Crippen LogP contribution >= 0.6 is 0 Å². The number of rotatable bonds is 8. The molecule has 3 nitrogen and oxygen atoms in total. The molecule has 31 heavy (non-hydrogen) atoms. The van der Waals surface area contributed by atoms with Gasteiger partial charge in [-0.2, -0.15) is 0 Å². The second-order valence-electron chi connectivity index (χ2n) is 9.83. The molecule has 0 bridgehead atoms. The van der Waals surface area contributed by atoms with E-state index in [0.717, 1.165) is 49.1 Å². The highest BCUT2D eigenvalue weighted by atomic mass is 19.1. The van der Waals surface area contributed by atoms with Crippen molar-refractivity contribution in [2.45, 2.75) is 90.1 Å². The molecular formula is C27H38FNO2. The fourth-order valence-corrected chi connectivity index (χ4v) is 5.56. The lowest BCUT2D eigenvalue weighted by molar-refractivity contribution is -0.0566. The lowest BCUT2D eigenvalue weighted by Crippen LogP contribution is -2.47. The predicted molar refractivity (Wildman–Crippen MR) is 124 cm³/mol. The zero-order valence-electron chi connectivity index (χ0n) is 19.8. The number of nitrogens with zero attached hydrogens (tertiary/aromatic N) is 1. The summed E-state index contributed by atoms with van der Waals surface area (Å²) in [5, 5.41) is 12.3. The van der Waals surface area contributed by atoms with E-state index in [-0.39, 0.29) is 11.7 Å². The summed E-state index contributed by atoms with van der Waals surface area (Å²) in [7, 11) is 1.62. The molecule has 1 fully saturated rings. The molecule has 3 rings (SSSR count). The molecule has 1 aliphatic rings. The summed E-state index contributed by atoms with van der Waals surface area (Å²) in [6, 6.07) is 8.87. The van der Waals surface area contributed by atoms with Crippen molar-refractivity contribution in [3.8, 4) is 5.75 Å². The maximum Gasteiger partial charge on any atom is 0.123 e. The SMILES string of the molecule is CCC(C)(CC(O)(Cc1cc(C)cc(C)n1)C1CCCCC1)c1cc(F)ccc1OC. The van der Waals surface area contributed by atoms with Crippen LogP contribution in [0.5, 0.6) is 5.75 Å². The second kappa shape index (κ2) is 9.68. The van der Waals surface area contributed by atoms with E-state index in [2.05, 4.69) is 32.9 Å². The first-order valence-corrected chi connectivity index (χ1v) is 11.7. The highest BCUT2D eigenvalue weighted by Gasteiger charge is 2.44. The minimum absolute atomic E-state index is 0.217. The summed E-state index contributed by atoms with van der Waals surface area (Å²) in [6.07, 6.45) is 7.45. The van der Waals surface area contributed by atoms with Crippen molar-refractivity contribution in [3.63, 3.8) is 0 Å². The van der Waals surface area contributed by atoms with E-state index < -0.39 is 11.0 Å². The number of halogens is 1. The molecule has 0 amide bonds. The fraction of sp³-hybridized carbons (Fsp3) is 0.593. The first-order valence-electron chi connectivity index (χ1n) is 11.7. The summed E-state index contributed by atoms with van der Waals surface area (Å²) in [5.41, 5.74) is 2.59. The molecule has 1 heterocycles. The Hall–Kier alpha value is -1.94.